The van der Waals surface area contributed by atoms with Crippen LogP contribution in [0.4, 0.5) is 0 Å². The number of hydrogen-bond donors (Lipinski definition) is 1. The number of rotatable bonds is 10. The largest absolute Gasteiger partial charge is 0.460 e. The van der Waals surface area contributed by atoms with Gasteiger partial charge in [0.15, 0.2) is 0 Å². The van der Waals surface area contributed by atoms with Crippen LogP contribution in [0.1, 0.15) is 39.4 Å². The Morgan fingerprint density at radius 2 is 1.38 bits per heavy atom. The van der Waals surface area contributed by atoms with Gasteiger partial charge in [0, 0.05) is 11.1 Å². The Balaban J connectivity index is 2.07. The lowest BCUT2D eigenvalue weighted by Crippen LogP contribution is -2.32. The summed E-state index contributed by atoms with van der Waals surface area (Å²) in [6, 6.07) is 14.8. The highest BCUT2D eigenvalue weighted by atomic mass is 16.6. The summed E-state index contributed by atoms with van der Waals surface area (Å²) in [6.45, 7) is 13.8. The smallest absolute Gasteiger partial charge is 0.338 e. The molecule has 32 heavy (non-hydrogen) atoms. The fourth-order valence-electron chi connectivity index (χ4n) is 2.89. The molecule has 1 atom stereocenters. The van der Waals surface area contributed by atoms with E-state index >= 15 is 0 Å². The topological polar surface area (TPSA) is 82.1 Å². The first-order valence-corrected chi connectivity index (χ1v) is 10.2. The molecule has 0 saturated heterocycles. The molecule has 0 aromatic heterocycles. The van der Waals surface area contributed by atoms with Crippen LogP contribution in [0.15, 0.2) is 72.8 Å². The molecule has 2 aromatic rings. The molecule has 0 aliphatic carbocycles. The highest BCUT2D eigenvalue weighted by molar-refractivity contribution is 5.88. The van der Waals surface area contributed by atoms with Crippen LogP contribution in [0.2, 0.25) is 0 Å². The van der Waals surface area contributed by atoms with Crippen LogP contribution >= 0.6 is 0 Å². The molecule has 0 aliphatic rings. The Morgan fingerprint density at radius 3 is 1.84 bits per heavy atom. The SMILES string of the molecule is C=C(C)C(=O)OCCOC(c1ccc(-c2ccc(OC(=O)C(=C)C)cc2)cc1)C(C)(C)O. The van der Waals surface area contributed by atoms with E-state index in [1.807, 2.05) is 36.4 Å². The van der Waals surface area contributed by atoms with E-state index in [0.29, 0.717) is 16.9 Å². The van der Waals surface area contributed by atoms with Crippen molar-refractivity contribution < 1.29 is 28.9 Å². The van der Waals surface area contributed by atoms with Gasteiger partial charge in [0.2, 0.25) is 0 Å². The van der Waals surface area contributed by atoms with Crippen LogP contribution in [-0.4, -0.2) is 35.9 Å². The minimum atomic E-state index is -1.14. The predicted molar refractivity (Wildman–Crippen MR) is 123 cm³/mol. The zero-order chi connectivity index (χ0) is 23.9. The molecule has 0 radical (unpaired) electrons. The fraction of sp³-hybridized carbons (Fsp3) is 0.308. The Kier molecular flexibility index (Phi) is 8.52. The molecular formula is C26H30O6. The van der Waals surface area contributed by atoms with Gasteiger partial charge >= 0.3 is 11.9 Å². The summed E-state index contributed by atoms with van der Waals surface area (Å²) in [7, 11) is 0. The quantitative estimate of drug-likeness (QED) is 0.249. The number of ether oxygens (including phenoxy) is 3. The van der Waals surface area contributed by atoms with Crippen LogP contribution in [-0.2, 0) is 19.1 Å². The highest BCUT2D eigenvalue weighted by Crippen LogP contribution is 2.31. The van der Waals surface area contributed by atoms with Gasteiger partial charge in [-0.1, -0.05) is 49.6 Å². The molecule has 0 bridgehead atoms. The van der Waals surface area contributed by atoms with E-state index in [1.165, 1.54) is 0 Å². The van der Waals surface area contributed by atoms with Crippen LogP contribution in [0.3, 0.4) is 0 Å². The molecule has 0 heterocycles. The van der Waals surface area contributed by atoms with Crippen LogP contribution in [0, 0.1) is 0 Å². The molecule has 0 aliphatic heterocycles. The zero-order valence-electron chi connectivity index (χ0n) is 19.0. The van der Waals surface area contributed by atoms with Crippen molar-refractivity contribution in [3.05, 3.63) is 78.4 Å². The number of esters is 2. The first-order valence-electron chi connectivity index (χ1n) is 10.2. The van der Waals surface area contributed by atoms with E-state index in [1.54, 1.807) is 39.8 Å². The lowest BCUT2D eigenvalue weighted by atomic mass is 9.93. The van der Waals surface area contributed by atoms with Crippen LogP contribution in [0.25, 0.3) is 11.1 Å². The van der Waals surface area contributed by atoms with Gasteiger partial charge in [-0.25, -0.2) is 9.59 Å². The Bertz CT molecular complexity index is 965. The minimum absolute atomic E-state index is 0.0681. The van der Waals surface area contributed by atoms with Gasteiger partial charge in [-0.15, -0.1) is 0 Å². The van der Waals surface area contributed by atoms with E-state index in [9.17, 15) is 14.7 Å². The number of carbonyl (C=O) groups excluding carboxylic acids is 2. The zero-order valence-corrected chi connectivity index (χ0v) is 19.0. The first-order chi connectivity index (χ1) is 15.0. The molecule has 6 nitrogen and oxygen atoms in total. The number of carbonyl (C=O) groups is 2. The molecule has 170 valence electrons. The monoisotopic (exact) mass is 438 g/mol. The van der Waals surface area contributed by atoms with Crippen LogP contribution < -0.4 is 4.74 Å². The van der Waals surface area contributed by atoms with Crippen LogP contribution in [0.5, 0.6) is 5.75 Å². The van der Waals surface area contributed by atoms with Gasteiger partial charge in [-0.05, 0) is 56.5 Å². The van der Waals surface area contributed by atoms with E-state index in [2.05, 4.69) is 13.2 Å². The molecule has 0 fully saturated rings. The molecular weight excluding hydrogens is 408 g/mol. The Labute approximate surface area is 189 Å². The third-order valence-electron chi connectivity index (χ3n) is 4.55. The van der Waals surface area contributed by atoms with E-state index < -0.39 is 23.6 Å². The average molecular weight is 439 g/mol. The Morgan fingerprint density at radius 1 is 0.875 bits per heavy atom. The van der Waals surface area contributed by atoms with E-state index in [0.717, 1.165) is 16.7 Å². The van der Waals surface area contributed by atoms with Crippen molar-refractivity contribution >= 4 is 11.9 Å². The van der Waals surface area contributed by atoms with E-state index in [-0.39, 0.29) is 13.2 Å². The summed E-state index contributed by atoms with van der Waals surface area (Å²) < 4.78 is 16.1. The average Bonchev–Trinajstić information content (AvgIpc) is 2.73. The first kappa shape index (κ1) is 25.0. The van der Waals surface area contributed by atoms with Crippen molar-refractivity contribution in [2.45, 2.75) is 39.4 Å². The molecule has 1 N–H and O–H groups in total. The maximum Gasteiger partial charge on any atom is 0.338 e. The minimum Gasteiger partial charge on any atom is -0.460 e. The maximum atomic E-state index is 11.6. The number of benzene rings is 2. The molecule has 6 heteroatoms. The van der Waals surface area contributed by atoms with Crippen molar-refractivity contribution in [1.29, 1.82) is 0 Å². The molecule has 2 aromatic carbocycles. The number of hydrogen-bond acceptors (Lipinski definition) is 6. The molecule has 2 rings (SSSR count). The lowest BCUT2D eigenvalue weighted by molar-refractivity contribution is -0.144. The second-order valence-electron chi connectivity index (χ2n) is 8.14. The summed E-state index contributed by atoms with van der Waals surface area (Å²) in [5.41, 5.74) is 2.20. The van der Waals surface area contributed by atoms with Gasteiger partial charge in [-0.3, -0.25) is 0 Å². The second-order valence-corrected chi connectivity index (χ2v) is 8.14. The summed E-state index contributed by atoms with van der Waals surface area (Å²) in [4.78, 5) is 23.1. The van der Waals surface area contributed by atoms with Gasteiger partial charge in [0.05, 0.1) is 12.2 Å². The van der Waals surface area contributed by atoms with Gasteiger partial charge in [-0.2, -0.15) is 0 Å². The fourth-order valence-corrected chi connectivity index (χ4v) is 2.89. The van der Waals surface area contributed by atoms with Gasteiger partial charge in [0.1, 0.15) is 18.5 Å². The summed E-state index contributed by atoms with van der Waals surface area (Å²) >= 11 is 0. The summed E-state index contributed by atoms with van der Waals surface area (Å²) in [6.07, 6.45) is -0.607. The van der Waals surface area contributed by atoms with Crippen molar-refractivity contribution in [2.24, 2.45) is 0 Å². The lowest BCUT2D eigenvalue weighted by Gasteiger charge is -2.30. The van der Waals surface area contributed by atoms with Gasteiger partial charge < -0.3 is 19.3 Å². The van der Waals surface area contributed by atoms with Crippen molar-refractivity contribution in [1.82, 2.24) is 0 Å². The molecule has 0 saturated carbocycles. The van der Waals surface area contributed by atoms with Crippen molar-refractivity contribution in [3.63, 3.8) is 0 Å². The molecule has 0 amide bonds. The predicted octanol–water partition coefficient (Wildman–Crippen LogP) is 4.78. The maximum absolute atomic E-state index is 11.6. The summed E-state index contributed by atoms with van der Waals surface area (Å²) in [5.74, 6) is -0.492. The molecule has 1 unspecified atom stereocenters. The van der Waals surface area contributed by atoms with Crippen molar-refractivity contribution in [2.75, 3.05) is 13.2 Å². The third kappa shape index (κ3) is 7.18. The third-order valence-corrected chi connectivity index (χ3v) is 4.55. The highest BCUT2D eigenvalue weighted by Gasteiger charge is 2.29. The van der Waals surface area contributed by atoms with Gasteiger partial charge in [0.25, 0.3) is 0 Å². The standard InChI is InChI=1S/C26H30O6/c1-17(2)24(27)31-16-15-30-23(26(5,6)29)21-9-7-19(8-10-21)20-11-13-22(14-12-20)32-25(28)18(3)4/h7-14,23,29H,1,3,15-16H2,2,4-6H3. The van der Waals surface area contributed by atoms with Crippen molar-refractivity contribution in [3.8, 4) is 16.9 Å². The second kappa shape index (κ2) is 10.9. The normalized spacial score (nSPS) is 12.0. The molecule has 0 spiro atoms. The van der Waals surface area contributed by atoms with E-state index in [4.69, 9.17) is 14.2 Å². The Hall–Kier alpha value is -3.22. The summed E-state index contributed by atoms with van der Waals surface area (Å²) in [5, 5.41) is 10.6. The number of aliphatic hydroxyl groups is 1.